The number of aromatic amines is 1. The van der Waals surface area contributed by atoms with Crippen molar-refractivity contribution in [2.45, 2.75) is 10.9 Å². The van der Waals surface area contributed by atoms with Gasteiger partial charge in [0.1, 0.15) is 5.75 Å². The monoisotopic (exact) mass is 502 g/mol. The van der Waals surface area contributed by atoms with E-state index in [9.17, 15) is 9.59 Å². The highest BCUT2D eigenvalue weighted by Crippen LogP contribution is 2.30. The molecule has 0 saturated heterocycles. The zero-order valence-electron chi connectivity index (χ0n) is 18.5. The Labute approximate surface area is 211 Å². The summed E-state index contributed by atoms with van der Waals surface area (Å²) in [6.07, 6.45) is 0. The number of carbonyl (C=O) groups excluding carboxylic acids is 1. The van der Waals surface area contributed by atoms with Crippen molar-refractivity contribution in [2.75, 3.05) is 12.4 Å². The van der Waals surface area contributed by atoms with Crippen LogP contribution in [-0.4, -0.2) is 23.0 Å². The molecule has 1 aromatic heterocycles. The Balaban J connectivity index is 1.53. The van der Waals surface area contributed by atoms with Gasteiger partial charge in [0.25, 0.3) is 17.2 Å². The highest BCUT2D eigenvalue weighted by molar-refractivity contribution is 7.98. The van der Waals surface area contributed by atoms with Crippen LogP contribution in [0, 0.1) is 6.57 Å². The molecule has 0 unspecified atom stereocenters. The summed E-state index contributed by atoms with van der Waals surface area (Å²) in [6.45, 7) is 7.42. The van der Waals surface area contributed by atoms with E-state index >= 15 is 0 Å². The van der Waals surface area contributed by atoms with Crippen LogP contribution in [0.25, 0.3) is 16.1 Å². The molecule has 0 aliphatic carbocycles. The predicted molar refractivity (Wildman–Crippen MR) is 139 cm³/mol. The van der Waals surface area contributed by atoms with E-state index in [1.54, 1.807) is 61.7 Å². The van der Waals surface area contributed by atoms with Crippen molar-refractivity contribution in [3.8, 4) is 17.0 Å². The Morgan fingerprint density at radius 1 is 1.14 bits per heavy atom. The molecule has 0 radical (unpaired) electrons. The molecule has 7 nitrogen and oxygen atoms in total. The fraction of sp³-hybridized carbons (Fsp3) is 0.0769. The number of hydrogen-bond donors (Lipinski definition) is 2. The van der Waals surface area contributed by atoms with Gasteiger partial charge in [0.15, 0.2) is 5.16 Å². The molecule has 35 heavy (non-hydrogen) atoms. The Bertz CT molecular complexity index is 1500. The summed E-state index contributed by atoms with van der Waals surface area (Å²) in [5, 5.41) is 3.74. The van der Waals surface area contributed by atoms with Crippen LogP contribution >= 0.6 is 23.4 Å². The van der Waals surface area contributed by atoms with E-state index in [1.165, 1.54) is 11.8 Å². The number of H-pyrrole nitrogens is 1. The summed E-state index contributed by atoms with van der Waals surface area (Å²) in [5.41, 5.74) is 2.35. The molecule has 4 aromatic rings. The molecule has 0 bridgehead atoms. The third-order valence-electron chi connectivity index (χ3n) is 4.98. The van der Waals surface area contributed by atoms with Crippen LogP contribution in [0.15, 0.2) is 82.7 Å². The Hall–Kier alpha value is -4.06. The summed E-state index contributed by atoms with van der Waals surface area (Å²) in [5.74, 6) is 0.825. The average molecular weight is 503 g/mol. The zero-order valence-corrected chi connectivity index (χ0v) is 20.1. The van der Waals surface area contributed by atoms with Crippen molar-refractivity contribution in [3.63, 3.8) is 0 Å². The summed E-state index contributed by atoms with van der Waals surface area (Å²) in [4.78, 5) is 35.7. The van der Waals surface area contributed by atoms with Gasteiger partial charge in [-0.3, -0.25) is 9.59 Å². The lowest BCUT2D eigenvalue weighted by atomic mass is 10.1. The number of nitrogens with zero attached hydrogens (tertiary/aromatic N) is 2. The molecule has 9 heteroatoms. The molecule has 3 aromatic carbocycles. The number of ether oxygens (including phenoxy) is 1. The average Bonchev–Trinajstić information content (AvgIpc) is 2.87. The molecular weight excluding hydrogens is 484 g/mol. The number of halogens is 1. The van der Waals surface area contributed by atoms with Crippen LogP contribution < -0.4 is 15.6 Å². The van der Waals surface area contributed by atoms with Gasteiger partial charge in [-0.1, -0.05) is 53.7 Å². The molecule has 1 amide bonds. The van der Waals surface area contributed by atoms with E-state index in [0.717, 1.165) is 5.56 Å². The fourth-order valence-corrected chi connectivity index (χ4v) is 4.31. The highest BCUT2D eigenvalue weighted by atomic mass is 35.5. The van der Waals surface area contributed by atoms with E-state index in [1.807, 2.05) is 18.2 Å². The SMILES string of the molecule is [C-]#[N+]c1c(-c2cccc(OC)c2)nc(SCc2cccc(NC(=O)c3cccc(Cl)c3)c2)[nH]c1=O. The van der Waals surface area contributed by atoms with Gasteiger partial charge in [0.2, 0.25) is 0 Å². The van der Waals surface area contributed by atoms with Crippen molar-refractivity contribution < 1.29 is 9.53 Å². The summed E-state index contributed by atoms with van der Waals surface area (Å²) in [6, 6.07) is 21.2. The number of methoxy groups -OCH3 is 1. The second-order valence-electron chi connectivity index (χ2n) is 7.37. The van der Waals surface area contributed by atoms with Gasteiger partial charge in [0.05, 0.1) is 19.4 Å². The first-order chi connectivity index (χ1) is 17.0. The third-order valence-corrected chi connectivity index (χ3v) is 6.15. The number of carbonyl (C=O) groups is 1. The zero-order chi connectivity index (χ0) is 24.8. The molecular formula is C26H19ClN4O3S. The summed E-state index contributed by atoms with van der Waals surface area (Å²) < 4.78 is 5.26. The molecule has 2 N–H and O–H groups in total. The van der Waals surface area contributed by atoms with Crippen LogP contribution in [0.3, 0.4) is 0 Å². The second-order valence-corrected chi connectivity index (χ2v) is 8.77. The van der Waals surface area contributed by atoms with Crippen molar-refractivity contribution in [3.05, 3.63) is 111 Å². The maximum atomic E-state index is 12.6. The molecule has 1 heterocycles. The van der Waals surface area contributed by atoms with Gasteiger partial charge in [0, 0.05) is 22.0 Å². The minimum absolute atomic E-state index is 0.0756. The van der Waals surface area contributed by atoms with Gasteiger partial charge in [-0.15, -0.1) is 0 Å². The van der Waals surface area contributed by atoms with Crippen LogP contribution in [0.2, 0.25) is 5.02 Å². The summed E-state index contributed by atoms with van der Waals surface area (Å²) >= 11 is 7.30. The second kappa shape index (κ2) is 10.9. The predicted octanol–water partition coefficient (Wildman–Crippen LogP) is 6.19. The standard InChI is InChI=1S/C26H19ClN4O3S/c1-28-23-22(17-7-5-11-21(14-17)34-2)30-26(31-25(23)33)35-15-16-6-3-10-20(12-16)29-24(32)18-8-4-9-19(27)13-18/h3-14H,15H2,2H3,(H,29,32)(H,30,31,33). The van der Waals surface area contributed by atoms with Crippen molar-refractivity contribution >= 4 is 40.6 Å². The first kappa shape index (κ1) is 24.1. The lowest BCUT2D eigenvalue weighted by Crippen LogP contribution is -2.12. The molecule has 0 aliphatic rings. The smallest absolute Gasteiger partial charge is 0.276 e. The lowest BCUT2D eigenvalue weighted by Gasteiger charge is -2.09. The number of rotatable bonds is 7. The fourth-order valence-electron chi connectivity index (χ4n) is 3.31. The van der Waals surface area contributed by atoms with Crippen LogP contribution in [0.4, 0.5) is 11.4 Å². The molecule has 0 atom stereocenters. The number of hydrogen-bond acceptors (Lipinski definition) is 5. The molecule has 0 spiro atoms. The first-order valence-electron chi connectivity index (χ1n) is 10.4. The topological polar surface area (TPSA) is 88.4 Å². The van der Waals surface area contributed by atoms with Crippen LogP contribution in [-0.2, 0) is 5.75 Å². The van der Waals surface area contributed by atoms with E-state index in [4.69, 9.17) is 22.9 Å². The van der Waals surface area contributed by atoms with E-state index < -0.39 is 5.56 Å². The Kier molecular flexibility index (Phi) is 7.51. The van der Waals surface area contributed by atoms with Gasteiger partial charge >= 0.3 is 0 Å². The summed E-state index contributed by atoms with van der Waals surface area (Å²) in [7, 11) is 1.55. The van der Waals surface area contributed by atoms with Gasteiger partial charge in [-0.25, -0.2) is 9.83 Å². The minimum Gasteiger partial charge on any atom is -0.497 e. The number of thioether (sulfide) groups is 1. The Morgan fingerprint density at radius 3 is 2.71 bits per heavy atom. The van der Waals surface area contributed by atoms with Crippen molar-refractivity contribution in [2.24, 2.45) is 0 Å². The maximum absolute atomic E-state index is 12.6. The molecule has 174 valence electrons. The number of nitrogens with one attached hydrogen (secondary N) is 2. The van der Waals surface area contributed by atoms with Crippen LogP contribution in [0.5, 0.6) is 5.75 Å². The van der Waals surface area contributed by atoms with E-state index in [2.05, 4.69) is 20.1 Å². The molecule has 0 fully saturated rings. The van der Waals surface area contributed by atoms with Gasteiger partial charge < -0.3 is 15.0 Å². The number of aromatic nitrogens is 2. The van der Waals surface area contributed by atoms with Crippen molar-refractivity contribution in [1.29, 1.82) is 0 Å². The quantitative estimate of drug-likeness (QED) is 0.178. The molecule has 0 aliphatic heterocycles. The first-order valence-corrected chi connectivity index (χ1v) is 11.8. The minimum atomic E-state index is -0.502. The Morgan fingerprint density at radius 2 is 1.94 bits per heavy atom. The third kappa shape index (κ3) is 5.90. The highest BCUT2D eigenvalue weighted by Gasteiger charge is 2.15. The number of benzene rings is 3. The number of anilines is 1. The van der Waals surface area contributed by atoms with Gasteiger partial charge in [-0.2, -0.15) is 0 Å². The van der Waals surface area contributed by atoms with Crippen LogP contribution in [0.1, 0.15) is 15.9 Å². The molecule has 4 rings (SSSR count). The van der Waals surface area contributed by atoms with E-state index in [0.29, 0.717) is 44.2 Å². The largest absolute Gasteiger partial charge is 0.497 e. The lowest BCUT2D eigenvalue weighted by molar-refractivity contribution is 0.102. The van der Waals surface area contributed by atoms with Crippen molar-refractivity contribution in [1.82, 2.24) is 9.97 Å². The number of amides is 1. The maximum Gasteiger partial charge on any atom is 0.276 e. The molecule has 0 saturated carbocycles. The van der Waals surface area contributed by atoms with Gasteiger partial charge in [-0.05, 0) is 53.6 Å². The van der Waals surface area contributed by atoms with E-state index in [-0.39, 0.29) is 11.6 Å². The normalized spacial score (nSPS) is 10.4.